The molecular formula is C19H29NO4S. The minimum Gasteiger partial charge on any atom is -0.466 e. The number of furan rings is 1. The first-order valence-corrected chi connectivity index (χ1v) is 10.2. The van der Waals surface area contributed by atoms with Gasteiger partial charge in [0, 0.05) is 31.7 Å². The van der Waals surface area contributed by atoms with E-state index in [0.29, 0.717) is 12.8 Å². The highest BCUT2D eigenvalue weighted by molar-refractivity contribution is 7.99. The number of rotatable bonds is 11. The summed E-state index contributed by atoms with van der Waals surface area (Å²) in [5, 5.41) is 18.9. The summed E-state index contributed by atoms with van der Waals surface area (Å²) in [6.45, 7) is 2.87. The van der Waals surface area contributed by atoms with E-state index in [1.54, 1.807) is 6.08 Å². The summed E-state index contributed by atoms with van der Waals surface area (Å²) in [5.41, 5.74) is 0. The Kier molecular flexibility index (Phi) is 8.58. The zero-order valence-corrected chi connectivity index (χ0v) is 15.7. The quantitative estimate of drug-likeness (QED) is 0.464. The van der Waals surface area contributed by atoms with Crippen LogP contribution in [0.25, 0.3) is 0 Å². The monoisotopic (exact) mass is 367 g/mol. The Bertz CT molecular complexity index is 557. The molecule has 1 aromatic rings. The molecule has 2 atom stereocenters. The van der Waals surface area contributed by atoms with Crippen LogP contribution in [0.5, 0.6) is 0 Å². The number of carbonyl (C=O) groups is 1. The molecule has 140 valence electrons. The van der Waals surface area contributed by atoms with Gasteiger partial charge in [-0.25, -0.2) is 0 Å². The first kappa shape index (κ1) is 20.1. The molecule has 1 amide bonds. The maximum atomic E-state index is 12.1. The van der Waals surface area contributed by atoms with Gasteiger partial charge in [-0.15, -0.1) is 0 Å². The van der Waals surface area contributed by atoms with E-state index in [9.17, 15) is 9.90 Å². The fourth-order valence-corrected chi connectivity index (χ4v) is 3.89. The zero-order chi connectivity index (χ0) is 18.1. The van der Waals surface area contributed by atoms with Crippen molar-refractivity contribution in [3.8, 4) is 0 Å². The molecule has 1 aliphatic rings. The summed E-state index contributed by atoms with van der Waals surface area (Å²) in [6, 6.07) is 3.85. The van der Waals surface area contributed by atoms with E-state index in [-0.39, 0.29) is 18.6 Å². The molecule has 1 saturated heterocycles. The van der Waals surface area contributed by atoms with E-state index >= 15 is 0 Å². The van der Waals surface area contributed by atoms with Crippen LogP contribution in [0, 0.1) is 6.92 Å². The van der Waals surface area contributed by atoms with Crippen molar-refractivity contribution in [3.63, 3.8) is 0 Å². The van der Waals surface area contributed by atoms with E-state index in [1.807, 2.05) is 41.8 Å². The largest absolute Gasteiger partial charge is 0.466 e. The van der Waals surface area contributed by atoms with Crippen LogP contribution in [-0.4, -0.2) is 57.8 Å². The molecule has 0 aliphatic carbocycles. The molecule has 2 heterocycles. The second-order valence-electron chi connectivity index (χ2n) is 6.40. The van der Waals surface area contributed by atoms with Crippen LogP contribution in [0.15, 0.2) is 28.7 Å². The lowest BCUT2D eigenvalue weighted by Gasteiger charge is -2.22. The third-order valence-corrected chi connectivity index (χ3v) is 5.36. The first-order valence-electron chi connectivity index (χ1n) is 9.00. The molecule has 0 saturated carbocycles. The predicted molar refractivity (Wildman–Crippen MR) is 101 cm³/mol. The van der Waals surface area contributed by atoms with Gasteiger partial charge in [0.25, 0.3) is 0 Å². The lowest BCUT2D eigenvalue weighted by molar-refractivity contribution is -0.128. The molecule has 0 aromatic carbocycles. The van der Waals surface area contributed by atoms with Gasteiger partial charge in [0.15, 0.2) is 0 Å². The Balaban J connectivity index is 1.75. The SMILES string of the molecule is Cc1ccc(C[C@H](O)/C=C/[C@H]2CCC(=O)N2CCSCCCCO)o1. The van der Waals surface area contributed by atoms with Gasteiger partial charge in [0.05, 0.1) is 12.1 Å². The van der Waals surface area contributed by atoms with E-state index in [0.717, 1.165) is 48.8 Å². The normalized spacial score (nSPS) is 19.2. The number of hydrogen-bond acceptors (Lipinski definition) is 5. The Morgan fingerprint density at radius 2 is 2.24 bits per heavy atom. The Labute approximate surface area is 154 Å². The summed E-state index contributed by atoms with van der Waals surface area (Å²) in [7, 11) is 0. The number of hydrogen-bond donors (Lipinski definition) is 2. The highest BCUT2D eigenvalue weighted by Gasteiger charge is 2.28. The van der Waals surface area contributed by atoms with Crippen LogP contribution in [0.1, 0.15) is 37.2 Å². The summed E-state index contributed by atoms with van der Waals surface area (Å²) >= 11 is 1.82. The second-order valence-corrected chi connectivity index (χ2v) is 7.63. The number of aliphatic hydroxyl groups is 2. The average molecular weight is 368 g/mol. The smallest absolute Gasteiger partial charge is 0.223 e. The highest BCUT2D eigenvalue weighted by atomic mass is 32.2. The second kappa shape index (κ2) is 10.7. The summed E-state index contributed by atoms with van der Waals surface area (Å²) in [6.07, 6.45) is 6.84. The third kappa shape index (κ3) is 6.88. The van der Waals surface area contributed by atoms with Gasteiger partial charge in [0.1, 0.15) is 11.5 Å². The number of aryl methyl sites for hydroxylation is 1. The number of thioether (sulfide) groups is 1. The van der Waals surface area contributed by atoms with Crippen LogP contribution in [-0.2, 0) is 11.2 Å². The van der Waals surface area contributed by atoms with Crippen molar-refractivity contribution in [1.82, 2.24) is 4.90 Å². The number of amides is 1. The van der Waals surface area contributed by atoms with Gasteiger partial charge >= 0.3 is 0 Å². The summed E-state index contributed by atoms with van der Waals surface area (Å²) in [5.74, 6) is 3.74. The lowest BCUT2D eigenvalue weighted by Crippen LogP contribution is -2.34. The van der Waals surface area contributed by atoms with Crippen molar-refractivity contribution >= 4 is 17.7 Å². The van der Waals surface area contributed by atoms with Gasteiger partial charge in [-0.05, 0) is 44.1 Å². The van der Waals surface area contributed by atoms with Crippen molar-refractivity contribution in [2.24, 2.45) is 0 Å². The van der Waals surface area contributed by atoms with Gasteiger partial charge in [-0.3, -0.25) is 4.79 Å². The van der Waals surface area contributed by atoms with Gasteiger partial charge in [0.2, 0.25) is 5.91 Å². The molecule has 0 spiro atoms. The van der Waals surface area contributed by atoms with Crippen LogP contribution >= 0.6 is 11.8 Å². The first-order chi connectivity index (χ1) is 12.1. The zero-order valence-electron chi connectivity index (χ0n) is 14.9. The number of nitrogens with zero attached hydrogens (tertiary/aromatic N) is 1. The fraction of sp³-hybridized carbons (Fsp3) is 0.632. The van der Waals surface area contributed by atoms with Crippen molar-refractivity contribution in [2.75, 3.05) is 24.7 Å². The molecule has 0 bridgehead atoms. The lowest BCUT2D eigenvalue weighted by atomic mass is 10.1. The Hall–Kier alpha value is -1.24. The number of carbonyl (C=O) groups excluding carboxylic acids is 1. The standard InChI is InChI=1S/C19H29NO4S/c1-15-4-8-18(24-15)14-17(22)7-5-16-6-9-19(23)20(16)10-13-25-12-3-2-11-21/h4-5,7-8,16-17,21-22H,2-3,6,9-14H2,1H3/b7-5+/t16-,17+/m0/s1. The van der Waals surface area contributed by atoms with Gasteiger partial charge < -0.3 is 19.5 Å². The van der Waals surface area contributed by atoms with E-state index < -0.39 is 6.10 Å². The molecule has 5 nitrogen and oxygen atoms in total. The summed E-state index contributed by atoms with van der Waals surface area (Å²) < 4.78 is 5.48. The Morgan fingerprint density at radius 3 is 2.96 bits per heavy atom. The average Bonchev–Trinajstić information content (AvgIpc) is 3.15. The number of unbranched alkanes of at least 4 members (excludes halogenated alkanes) is 1. The summed E-state index contributed by atoms with van der Waals surface area (Å²) in [4.78, 5) is 14.0. The van der Waals surface area contributed by atoms with E-state index in [2.05, 4.69) is 0 Å². The molecule has 0 radical (unpaired) electrons. The molecule has 25 heavy (non-hydrogen) atoms. The molecule has 2 N–H and O–H groups in total. The molecule has 1 aliphatic heterocycles. The maximum Gasteiger partial charge on any atom is 0.223 e. The van der Waals surface area contributed by atoms with E-state index in [4.69, 9.17) is 9.52 Å². The number of likely N-dealkylation sites (tertiary alicyclic amines) is 1. The molecule has 1 aromatic heterocycles. The van der Waals surface area contributed by atoms with Crippen molar-refractivity contribution in [3.05, 3.63) is 35.8 Å². The molecule has 6 heteroatoms. The van der Waals surface area contributed by atoms with Crippen LogP contribution in [0.3, 0.4) is 0 Å². The molecule has 2 rings (SSSR count). The maximum absolute atomic E-state index is 12.1. The van der Waals surface area contributed by atoms with Crippen molar-refractivity contribution in [1.29, 1.82) is 0 Å². The van der Waals surface area contributed by atoms with Crippen molar-refractivity contribution < 1.29 is 19.4 Å². The molecule has 1 fully saturated rings. The topological polar surface area (TPSA) is 73.9 Å². The molecule has 0 unspecified atom stereocenters. The third-order valence-electron chi connectivity index (χ3n) is 4.31. The van der Waals surface area contributed by atoms with E-state index in [1.165, 1.54) is 0 Å². The van der Waals surface area contributed by atoms with Gasteiger partial charge in [-0.1, -0.05) is 12.2 Å². The highest BCUT2D eigenvalue weighted by Crippen LogP contribution is 2.21. The van der Waals surface area contributed by atoms with Crippen molar-refractivity contribution in [2.45, 2.75) is 51.2 Å². The minimum atomic E-state index is -0.601. The fourth-order valence-electron chi connectivity index (χ4n) is 2.95. The van der Waals surface area contributed by atoms with Crippen LogP contribution in [0.4, 0.5) is 0 Å². The predicted octanol–water partition coefficient (Wildman–Crippen LogP) is 2.54. The van der Waals surface area contributed by atoms with Crippen LogP contribution < -0.4 is 0 Å². The Morgan fingerprint density at radius 1 is 1.40 bits per heavy atom. The van der Waals surface area contributed by atoms with Gasteiger partial charge in [-0.2, -0.15) is 11.8 Å². The van der Waals surface area contributed by atoms with Crippen LogP contribution in [0.2, 0.25) is 0 Å². The number of aliphatic hydroxyl groups excluding tert-OH is 2. The molecular weight excluding hydrogens is 338 g/mol. The minimum absolute atomic E-state index is 0.0820.